The lowest BCUT2D eigenvalue weighted by molar-refractivity contribution is 0.0698. The zero-order valence-electron chi connectivity index (χ0n) is 10.9. The Morgan fingerprint density at radius 2 is 2.26 bits per heavy atom. The number of likely N-dealkylation sites (N-methyl/N-ethyl adjacent to an activating group) is 1. The molecule has 6 nitrogen and oxygen atoms in total. The first kappa shape index (κ1) is 13.2. The van der Waals surface area contributed by atoms with Gasteiger partial charge in [0.1, 0.15) is 5.69 Å². The summed E-state index contributed by atoms with van der Waals surface area (Å²) < 4.78 is 1.59. The first-order valence-corrected chi connectivity index (χ1v) is 5.98. The first-order chi connectivity index (χ1) is 9.08. The molecule has 19 heavy (non-hydrogen) atoms. The van der Waals surface area contributed by atoms with E-state index in [9.17, 15) is 9.90 Å². The Morgan fingerprint density at radius 3 is 2.89 bits per heavy atom. The van der Waals surface area contributed by atoms with Gasteiger partial charge in [-0.2, -0.15) is 5.10 Å². The number of hydrogen-bond donors (Lipinski definition) is 1. The van der Waals surface area contributed by atoms with E-state index in [1.807, 2.05) is 0 Å². The summed E-state index contributed by atoms with van der Waals surface area (Å²) in [6.45, 7) is 1.91. The van der Waals surface area contributed by atoms with Crippen LogP contribution in [0.2, 0.25) is 0 Å². The number of aromatic nitrogens is 3. The van der Waals surface area contributed by atoms with E-state index in [2.05, 4.69) is 10.1 Å². The Kier molecular flexibility index (Phi) is 3.91. The van der Waals surface area contributed by atoms with Crippen molar-refractivity contribution in [1.29, 1.82) is 0 Å². The van der Waals surface area contributed by atoms with Crippen molar-refractivity contribution in [2.45, 2.75) is 13.0 Å². The van der Waals surface area contributed by atoms with Crippen molar-refractivity contribution in [3.63, 3.8) is 0 Å². The van der Waals surface area contributed by atoms with Crippen LogP contribution in [0.4, 0.5) is 0 Å². The van der Waals surface area contributed by atoms with E-state index in [1.54, 1.807) is 55.3 Å². The molecule has 0 bridgehead atoms. The zero-order valence-corrected chi connectivity index (χ0v) is 10.9. The smallest absolute Gasteiger partial charge is 0.272 e. The van der Waals surface area contributed by atoms with E-state index in [0.717, 1.165) is 0 Å². The largest absolute Gasteiger partial charge is 0.392 e. The van der Waals surface area contributed by atoms with Gasteiger partial charge >= 0.3 is 0 Å². The molecule has 2 aromatic heterocycles. The summed E-state index contributed by atoms with van der Waals surface area (Å²) >= 11 is 0. The number of nitrogens with zero attached hydrogens (tertiary/aromatic N) is 4. The van der Waals surface area contributed by atoms with Crippen LogP contribution in [0, 0.1) is 0 Å². The molecular formula is C13H16N4O2. The first-order valence-electron chi connectivity index (χ1n) is 5.98. The Balaban J connectivity index is 2.21. The molecule has 0 spiro atoms. The molecule has 2 rings (SSSR count). The number of hydrogen-bond acceptors (Lipinski definition) is 4. The van der Waals surface area contributed by atoms with Crippen molar-refractivity contribution in [3.8, 4) is 5.82 Å². The molecule has 0 aliphatic heterocycles. The van der Waals surface area contributed by atoms with Crippen molar-refractivity contribution < 1.29 is 9.90 Å². The maximum atomic E-state index is 12.1. The lowest BCUT2D eigenvalue weighted by atomic mass is 10.3. The van der Waals surface area contributed by atoms with Crippen LogP contribution in [0.1, 0.15) is 17.4 Å². The van der Waals surface area contributed by atoms with Crippen molar-refractivity contribution in [2.24, 2.45) is 0 Å². The second-order valence-corrected chi connectivity index (χ2v) is 4.37. The van der Waals surface area contributed by atoms with Crippen LogP contribution >= 0.6 is 0 Å². The van der Waals surface area contributed by atoms with Gasteiger partial charge in [-0.3, -0.25) is 4.79 Å². The van der Waals surface area contributed by atoms with Crippen LogP contribution in [0.25, 0.3) is 5.82 Å². The molecule has 100 valence electrons. The van der Waals surface area contributed by atoms with E-state index in [4.69, 9.17) is 0 Å². The van der Waals surface area contributed by atoms with Gasteiger partial charge in [-0.1, -0.05) is 6.07 Å². The highest BCUT2D eigenvalue weighted by Gasteiger charge is 2.15. The number of pyridine rings is 1. The molecule has 0 fully saturated rings. The van der Waals surface area contributed by atoms with E-state index < -0.39 is 6.10 Å². The van der Waals surface area contributed by atoms with Crippen molar-refractivity contribution in [2.75, 3.05) is 13.6 Å². The maximum absolute atomic E-state index is 12.1. The van der Waals surface area contributed by atoms with Crippen LogP contribution in [0.5, 0.6) is 0 Å². The topological polar surface area (TPSA) is 71.2 Å². The molecule has 0 radical (unpaired) electrons. The second-order valence-electron chi connectivity index (χ2n) is 4.37. The fourth-order valence-corrected chi connectivity index (χ4v) is 1.75. The lowest BCUT2D eigenvalue weighted by Crippen LogP contribution is -2.33. The molecule has 0 saturated carbocycles. The SMILES string of the molecule is CC(O)CN(C)C(=O)c1cccc(-n2cccn2)n1. The fourth-order valence-electron chi connectivity index (χ4n) is 1.75. The summed E-state index contributed by atoms with van der Waals surface area (Å²) in [4.78, 5) is 17.8. The van der Waals surface area contributed by atoms with E-state index in [0.29, 0.717) is 11.5 Å². The number of aliphatic hydroxyl groups is 1. The summed E-state index contributed by atoms with van der Waals surface area (Å²) in [7, 11) is 1.64. The van der Waals surface area contributed by atoms with E-state index in [-0.39, 0.29) is 12.5 Å². The van der Waals surface area contributed by atoms with Gasteiger partial charge in [-0.25, -0.2) is 9.67 Å². The average molecular weight is 260 g/mol. The summed E-state index contributed by atoms with van der Waals surface area (Å²) in [5, 5.41) is 13.4. The quantitative estimate of drug-likeness (QED) is 0.879. The van der Waals surface area contributed by atoms with Gasteiger partial charge in [-0.05, 0) is 25.1 Å². The van der Waals surface area contributed by atoms with Gasteiger partial charge in [0.05, 0.1) is 6.10 Å². The highest BCUT2D eigenvalue weighted by molar-refractivity contribution is 5.92. The van der Waals surface area contributed by atoms with Gasteiger partial charge in [0.15, 0.2) is 5.82 Å². The van der Waals surface area contributed by atoms with Crippen molar-refractivity contribution in [1.82, 2.24) is 19.7 Å². The van der Waals surface area contributed by atoms with Gasteiger partial charge in [-0.15, -0.1) is 0 Å². The summed E-state index contributed by atoms with van der Waals surface area (Å²) in [5.41, 5.74) is 0.330. The highest BCUT2D eigenvalue weighted by atomic mass is 16.3. The van der Waals surface area contributed by atoms with Crippen molar-refractivity contribution >= 4 is 5.91 Å². The fraction of sp³-hybridized carbons (Fsp3) is 0.308. The average Bonchev–Trinajstić information content (AvgIpc) is 2.91. The Hall–Kier alpha value is -2.21. The molecular weight excluding hydrogens is 244 g/mol. The van der Waals surface area contributed by atoms with Crippen molar-refractivity contribution in [3.05, 3.63) is 42.4 Å². The molecule has 1 N–H and O–H groups in total. The van der Waals surface area contributed by atoms with Gasteiger partial charge in [0, 0.05) is 26.0 Å². The molecule has 2 heterocycles. The monoisotopic (exact) mass is 260 g/mol. The number of rotatable bonds is 4. The zero-order chi connectivity index (χ0) is 13.8. The predicted octanol–water partition coefficient (Wildman–Crippen LogP) is 0.720. The Morgan fingerprint density at radius 1 is 1.47 bits per heavy atom. The summed E-state index contributed by atoms with van der Waals surface area (Å²) in [6, 6.07) is 6.97. The number of carbonyl (C=O) groups excluding carboxylic acids is 1. The van der Waals surface area contributed by atoms with Crippen LogP contribution in [-0.4, -0.2) is 50.4 Å². The summed E-state index contributed by atoms with van der Waals surface area (Å²) in [5.74, 6) is 0.358. The second kappa shape index (κ2) is 5.62. The molecule has 1 atom stereocenters. The number of carbonyl (C=O) groups is 1. The molecule has 2 aromatic rings. The molecule has 0 aliphatic carbocycles. The molecule has 0 saturated heterocycles. The molecule has 6 heteroatoms. The molecule has 0 aromatic carbocycles. The minimum Gasteiger partial charge on any atom is -0.392 e. The van der Waals surface area contributed by atoms with E-state index >= 15 is 0 Å². The molecule has 0 aliphatic rings. The van der Waals surface area contributed by atoms with Crippen LogP contribution in [0.3, 0.4) is 0 Å². The van der Waals surface area contributed by atoms with E-state index in [1.165, 1.54) is 4.90 Å². The third-order valence-corrected chi connectivity index (χ3v) is 2.58. The standard InChI is InChI=1S/C13H16N4O2/c1-10(18)9-16(2)13(19)11-5-3-6-12(15-11)17-8-4-7-14-17/h3-8,10,18H,9H2,1-2H3. The minimum atomic E-state index is -0.566. The minimum absolute atomic E-state index is 0.227. The maximum Gasteiger partial charge on any atom is 0.272 e. The molecule has 1 amide bonds. The van der Waals surface area contributed by atoms with Crippen LogP contribution in [-0.2, 0) is 0 Å². The predicted molar refractivity (Wildman–Crippen MR) is 70.0 cm³/mol. The van der Waals surface area contributed by atoms with Crippen LogP contribution in [0.15, 0.2) is 36.7 Å². The third kappa shape index (κ3) is 3.17. The van der Waals surface area contributed by atoms with Gasteiger partial charge in [0.25, 0.3) is 5.91 Å². The number of aliphatic hydroxyl groups excluding tert-OH is 1. The van der Waals surface area contributed by atoms with Gasteiger partial charge < -0.3 is 10.0 Å². The lowest BCUT2D eigenvalue weighted by Gasteiger charge is -2.18. The normalized spacial score (nSPS) is 12.2. The third-order valence-electron chi connectivity index (χ3n) is 2.58. The Labute approximate surface area is 111 Å². The molecule has 1 unspecified atom stereocenters. The summed E-state index contributed by atoms with van der Waals surface area (Å²) in [6.07, 6.45) is 2.84. The Bertz CT molecular complexity index is 552. The number of amides is 1. The van der Waals surface area contributed by atoms with Crippen LogP contribution < -0.4 is 0 Å². The van der Waals surface area contributed by atoms with Gasteiger partial charge in [0.2, 0.25) is 0 Å². The highest BCUT2D eigenvalue weighted by Crippen LogP contribution is 2.06.